The second-order valence-electron chi connectivity index (χ2n) is 7.82. The smallest absolute Gasteiger partial charge is 0.243 e. The number of halogens is 1. The Morgan fingerprint density at radius 1 is 1.15 bits per heavy atom. The van der Waals surface area contributed by atoms with Crippen molar-refractivity contribution in [3.63, 3.8) is 0 Å². The maximum Gasteiger partial charge on any atom is 0.243 e. The van der Waals surface area contributed by atoms with Gasteiger partial charge in [-0.15, -0.1) is 0 Å². The van der Waals surface area contributed by atoms with Crippen LogP contribution in [0.15, 0.2) is 47.4 Å². The maximum atomic E-state index is 14.0. The SMILES string of the molecule is CCN(CC)S(=O)(=O)c1ccc2c(c1)nc(CCC(=O)N[C@@H](C)c1ccccc1F)n2CC. The van der Waals surface area contributed by atoms with E-state index in [1.807, 2.05) is 25.3 Å². The Labute approximate surface area is 194 Å². The van der Waals surface area contributed by atoms with Gasteiger partial charge in [-0.05, 0) is 38.1 Å². The van der Waals surface area contributed by atoms with Crippen LogP contribution in [0.25, 0.3) is 11.0 Å². The molecule has 0 bridgehead atoms. The van der Waals surface area contributed by atoms with E-state index >= 15 is 0 Å². The van der Waals surface area contributed by atoms with Crippen LogP contribution in [0, 0.1) is 5.82 Å². The molecule has 7 nitrogen and oxygen atoms in total. The van der Waals surface area contributed by atoms with Crippen LogP contribution in [0.4, 0.5) is 4.39 Å². The molecule has 3 rings (SSSR count). The summed E-state index contributed by atoms with van der Waals surface area (Å²) in [6.45, 7) is 8.77. The Kier molecular flexibility index (Phi) is 7.86. The predicted octanol–water partition coefficient (Wildman–Crippen LogP) is 4.04. The molecule has 3 aromatic rings. The van der Waals surface area contributed by atoms with Gasteiger partial charge in [-0.1, -0.05) is 32.0 Å². The monoisotopic (exact) mass is 474 g/mol. The quantitative estimate of drug-likeness (QED) is 0.481. The molecule has 178 valence electrons. The number of carbonyl (C=O) groups excluding carboxylic acids is 1. The van der Waals surface area contributed by atoms with E-state index in [0.29, 0.717) is 43.0 Å². The first-order valence-electron chi connectivity index (χ1n) is 11.3. The van der Waals surface area contributed by atoms with Gasteiger partial charge in [0.15, 0.2) is 0 Å². The molecule has 0 aliphatic carbocycles. The minimum absolute atomic E-state index is 0.187. The second-order valence-corrected chi connectivity index (χ2v) is 9.76. The number of hydrogen-bond acceptors (Lipinski definition) is 4. The summed E-state index contributed by atoms with van der Waals surface area (Å²) >= 11 is 0. The van der Waals surface area contributed by atoms with Gasteiger partial charge in [0.2, 0.25) is 15.9 Å². The third-order valence-electron chi connectivity index (χ3n) is 5.78. The summed E-state index contributed by atoms with van der Waals surface area (Å²) in [5.74, 6) is 0.150. The van der Waals surface area contributed by atoms with Gasteiger partial charge in [0.05, 0.1) is 22.0 Å². The number of imidazole rings is 1. The lowest BCUT2D eigenvalue weighted by atomic mass is 10.1. The number of nitrogens with one attached hydrogen (secondary N) is 1. The lowest BCUT2D eigenvalue weighted by Crippen LogP contribution is -2.30. The van der Waals surface area contributed by atoms with Crippen molar-refractivity contribution in [1.29, 1.82) is 0 Å². The van der Waals surface area contributed by atoms with Crippen molar-refractivity contribution < 1.29 is 17.6 Å². The fourth-order valence-electron chi connectivity index (χ4n) is 4.02. The normalized spacial score (nSPS) is 12.9. The molecule has 0 unspecified atom stereocenters. The highest BCUT2D eigenvalue weighted by atomic mass is 32.2. The molecule has 0 aliphatic rings. The molecular weight excluding hydrogens is 443 g/mol. The van der Waals surface area contributed by atoms with E-state index in [1.165, 1.54) is 10.4 Å². The molecule has 1 heterocycles. The second kappa shape index (κ2) is 10.4. The van der Waals surface area contributed by atoms with Crippen LogP contribution >= 0.6 is 0 Å². The minimum atomic E-state index is -3.58. The number of aromatic nitrogens is 2. The van der Waals surface area contributed by atoms with Crippen LogP contribution in [0.3, 0.4) is 0 Å². The summed E-state index contributed by atoms with van der Waals surface area (Å²) in [5, 5.41) is 2.83. The van der Waals surface area contributed by atoms with E-state index in [0.717, 1.165) is 5.52 Å². The first-order chi connectivity index (χ1) is 15.7. The van der Waals surface area contributed by atoms with Crippen LogP contribution < -0.4 is 5.32 Å². The van der Waals surface area contributed by atoms with Gasteiger partial charge in [0.25, 0.3) is 0 Å². The fourth-order valence-corrected chi connectivity index (χ4v) is 5.50. The van der Waals surface area contributed by atoms with Crippen LogP contribution in [0.1, 0.15) is 51.5 Å². The van der Waals surface area contributed by atoms with Crippen molar-refractivity contribution in [2.45, 2.75) is 58.0 Å². The number of sulfonamides is 1. The Hall–Kier alpha value is -2.78. The van der Waals surface area contributed by atoms with E-state index in [9.17, 15) is 17.6 Å². The number of benzene rings is 2. The number of amides is 1. The average molecular weight is 475 g/mol. The summed E-state index contributed by atoms with van der Waals surface area (Å²) < 4.78 is 43.1. The van der Waals surface area contributed by atoms with Crippen LogP contribution in [-0.2, 0) is 27.8 Å². The molecule has 0 saturated heterocycles. The Balaban J connectivity index is 1.78. The summed E-state index contributed by atoms with van der Waals surface area (Å²) in [6, 6.07) is 10.9. The standard InChI is InChI=1S/C24H31FN4O3S/c1-5-28(6-2)33(31,32)18-12-13-22-21(16-18)27-23(29(22)7-3)14-15-24(30)26-17(4)19-10-8-9-11-20(19)25/h8-13,16-17H,5-7,14-15H2,1-4H3,(H,26,30)/t17-/m0/s1. The average Bonchev–Trinajstić information content (AvgIpc) is 3.15. The number of carbonyl (C=O) groups is 1. The predicted molar refractivity (Wildman–Crippen MR) is 127 cm³/mol. The molecule has 0 radical (unpaired) electrons. The number of aryl methyl sites for hydroxylation is 2. The number of fused-ring (bicyclic) bond motifs is 1. The molecule has 9 heteroatoms. The largest absolute Gasteiger partial charge is 0.349 e. The molecule has 0 saturated carbocycles. The first-order valence-corrected chi connectivity index (χ1v) is 12.7. The molecule has 0 spiro atoms. The summed E-state index contributed by atoms with van der Waals surface area (Å²) in [5.41, 5.74) is 1.85. The lowest BCUT2D eigenvalue weighted by Gasteiger charge is -2.18. The zero-order valence-corrected chi connectivity index (χ0v) is 20.3. The molecule has 0 fully saturated rings. The Morgan fingerprint density at radius 2 is 1.85 bits per heavy atom. The summed E-state index contributed by atoms with van der Waals surface area (Å²) in [7, 11) is -3.58. The van der Waals surface area contributed by atoms with Crippen LogP contribution in [0.5, 0.6) is 0 Å². The summed E-state index contributed by atoms with van der Waals surface area (Å²) in [6.07, 6.45) is 0.573. The van der Waals surface area contributed by atoms with Crippen LogP contribution in [-0.4, -0.2) is 41.3 Å². The fraction of sp³-hybridized carbons (Fsp3) is 0.417. The van der Waals surface area contributed by atoms with Gasteiger partial charge >= 0.3 is 0 Å². The molecule has 1 amide bonds. The number of hydrogen-bond donors (Lipinski definition) is 1. The van der Waals surface area contributed by atoms with Gasteiger partial charge < -0.3 is 9.88 Å². The van der Waals surface area contributed by atoms with Gasteiger partial charge in [0, 0.05) is 38.0 Å². The van der Waals surface area contributed by atoms with Crippen molar-refractivity contribution in [3.8, 4) is 0 Å². The first kappa shape index (κ1) is 24.9. The number of nitrogens with zero attached hydrogens (tertiary/aromatic N) is 3. The zero-order chi connectivity index (χ0) is 24.2. The molecule has 1 atom stereocenters. The molecule has 1 N–H and O–H groups in total. The Morgan fingerprint density at radius 3 is 2.48 bits per heavy atom. The van der Waals surface area contributed by atoms with E-state index < -0.39 is 16.1 Å². The van der Waals surface area contributed by atoms with E-state index in [1.54, 1.807) is 43.3 Å². The van der Waals surface area contributed by atoms with E-state index in [2.05, 4.69) is 10.3 Å². The van der Waals surface area contributed by atoms with E-state index in [-0.39, 0.29) is 23.0 Å². The summed E-state index contributed by atoms with van der Waals surface area (Å²) in [4.78, 5) is 17.3. The van der Waals surface area contributed by atoms with Gasteiger partial charge in [-0.2, -0.15) is 4.31 Å². The highest BCUT2D eigenvalue weighted by Crippen LogP contribution is 2.24. The number of rotatable bonds is 10. The highest BCUT2D eigenvalue weighted by Gasteiger charge is 2.23. The van der Waals surface area contributed by atoms with Gasteiger partial charge in [-0.25, -0.2) is 17.8 Å². The third kappa shape index (κ3) is 5.25. The van der Waals surface area contributed by atoms with Crippen molar-refractivity contribution >= 4 is 27.0 Å². The highest BCUT2D eigenvalue weighted by molar-refractivity contribution is 7.89. The molecule has 0 aliphatic heterocycles. The molecule has 2 aromatic carbocycles. The molecule has 1 aromatic heterocycles. The van der Waals surface area contributed by atoms with Crippen molar-refractivity contribution in [1.82, 2.24) is 19.2 Å². The third-order valence-corrected chi connectivity index (χ3v) is 7.83. The van der Waals surface area contributed by atoms with Gasteiger partial charge in [-0.3, -0.25) is 4.79 Å². The van der Waals surface area contributed by atoms with Crippen molar-refractivity contribution in [2.75, 3.05) is 13.1 Å². The lowest BCUT2D eigenvalue weighted by molar-refractivity contribution is -0.121. The molecule has 33 heavy (non-hydrogen) atoms. The zero-order valence-electron chi connectivity index (χ0n) is 19.5. The Bertz CT molecular complexity index is 1240. The minimum Gasteiger partial charge on any atom is -0.349 e. The van der Waals surface area contributed by atoms with Gasteiger partial charge in [0.1, 0.15) is 11.6 Å². The molecular formula is C24H31FN4O3S. The van der Waals surface area contributed by atoms with Crippen molar-refractivity contribution in [2.24, 2.45) is 0 Å². The van der Waals surface area contributed by atoms with Crippen LogP contribution in [0.2, 0.25) is 0 Å². The van der Waals surface area contributed by atoms with E-state index in [4.69, 9.17) is 0 Å². The maximum absolute atomic E-state index is 14.0. The topological polar surface area (TPSA) is 84.3 Å². The van der Waals surface area contributed by atoms with Crippen molar-refractivity contribution in [3.05, 3.63) is 59.7 Å².